The maximum absolute atomic E-state index is 9.60. The molecule has 3 heteroatoms. The molecule has 0 fully saturated rings. The van der Waals surface area contributed by atoms with E-state index in [2.05, 4.69) is 11.7 Å². The van der Waals surface area contributed by atoms with Crippen molar-refractivity contribution in [2.45, 2.75) is 45.3 Å². The highest BCUT2D eigenvalue weighted by molar-refractivity contribution is 5.38. The van der Waals surface area contributed by atoms with Crippen LogP contribution < -0.4 is 0 Å². The number of hydrogen-bond acceptors (Lipinski definition) is 3. The Morgan fingerprint density at radius 3 is 2.73 bits per heavy atom. The molecule has 0 aromatic carbocycles. The van der Waals surface area contributed by atoms with Crippen molar-refractivity contribution in [2.75, 3.05) is 0 Å². The van der Waals surface area contributed by atoms with Crippen molar-refractivity contribution < 1.29 is 14.6 Å². The lowest BCUT2D eigenvalue weighted by Gasteiger charge is -2.05. The number of aliphatic hydroxyl groups excluding tert-OH is 1. The first kappa shape index (κ1) is 10.4. The Balaban J connectivity index is 3.03. The molecule has 0 aliphatic heterocycles. The molecule has 11 heavy (non-hydrogen) atoms. The fourth-order valence-corrected chi connectivity index (χ4v) is 0.860. The quantitative estimate of drug-likeness (QED) is 0.450. The first-order valence-electron chi connectivity index (χ1n) is 4.02. The first-order valence-corrected chi connectivity index (χ1v) is 4.02. The smallest absolute Gasteiger partial charge is 0.419 e. The van der Waals surface area contributed by atoms with Crippen LogP contribution in [0.3, 0.4) is 0 Å². The Morgan fingerprint density at radius 2 is 2.18 bits per heavy atom. The summed E-state index contributed by atoms with van der Waals surface area (Å²) in [4.78, 5) is 9.60. The van der Waals surface area contributed by atoms with E-state index in [4.69, 9.17) is 5.11 Å². The molecule has 1 radical (unpaired) electrons. The summed E-state index contributed by atoms with van der Waals surface area (Å²) in [5.41, 5.74) is 0. The number of aliphatic hydroxyl groups is 1. The largest absolute Gasteiger partial charge is 0.428 e. The Kier molecular flexibility index (Phi) is 7.15. The van der Waals surface area contributed by atoms with Crippen molar-refractivity contribution in [3.63, 3.8) is 0 Å². The van der Waals surface area contributed by atoms with Crippen LogP contribution in [0.15, 0.2) is 0 Å². The van der Waals surface area contributed by atoms with E-state index in [0.29, 0.717) is 6.42 Å². The predicted octanol–water partition coefficient (Wildman–Crippen LogP) is 1.36. The SMILES string of the molecule is CCCCCCC(O)O[C]=O. The van der Waals surface area contributed by atoms with Gasteiger partial charge >= 0.3 is 6.47 Å². The lowest BCUT2D eigenvalue weighted by atomic mass is 10.1. The lowest BCUT2D eigenvalue weighted by Crippen LogP contribution is -2.09. The number of carbonyl (C=O) groups excluding carboxylic acids is 1. The molecule has 0 spiro atoms. The summed E-state index contributed by atoms with van der Waals surface area (Å²) in [7, 11) is 0. The molecule has 0 saturated heterocycles. The molecule has 0 aliphatic rings. The zero-order chi connectivity index (χ0) is 8.53. The molecule has 0 aliphatic carbocycles. The van der Waals surface area contributed by atoms with E-state index < -0.39 is 6.29 Å². The number of hydrogen-bond donors (Lipinski definition) is 1. The summed E-state index contributed by atoms with van der Waals surface area (Å²) in [6.07, 6.45) is 3.88. The standard InChI is InChI=1S/C8H15O3/c1-2-3-4-5-6-8(10)11-7-9/h8,10H,2-6H2,1H3. The molecule has 0 amide bonds. The minimum absolute atomic E-state index is 0.523. The molecule has 0 aromatic heterocycles. The van der Waals surface area contributed by atoms with Gasteiger partial charge in [-0.15, -0.1) is 0 Å². The summed E-state index contributed by atoms with van der Waals surface area (Å²) in [5, 5.41) is 8.86. The Hall–Kier alpha value is -0.570. The second-order valence-corrected chi connectivity index (χ2v) is 2.51. The van der Waals surface area contributed by atoms with E-state index in [1.165, 1.54) is 6.47 Å². The van der Waals surface area contributed by atoms with Crippen molar-refractivity contribution in [2.24, 2.45) is 0 Å². The predicted molar refractivity (Wildman–Crippen MR) is 41.5 cm³/mol. The molecule has 0 bridgehead atoms. The molecule has 1 unspecified atom stereocenters. The van der Waals surface area contributed by atoms with E-state index in [1.807, 2.05) is 0 Å². The summed E-state index contributed by atoms with van der Waals surface area (Å²) < 4.78 is 4.17. The molecule has 0 aromatic rings. The maximum Gasteiger partial charge on any atom is 0.419 e. The third kappa shape index (κ3) is 7.33. The minimum atomic E-state index is -0.954. The van der Waals surface area contributed by atoms with Crippen molar-refractivity contribution >= 4 is 6.47 Å². The molecule has 1 N–H and O–H groups in total. The second-order valence-electron chi connectivity index (χ2n) is 2.51. The van der Waals surface area contributed by atoms with Gasteiger partial charge in [-0.1, -0.05) is 26.2 Å². The van der Waals surface area contributed by atoms with Gasteiger partial charge in [-0.05, 0) is 6.42 Å². The third-order valence-electron chi connectivity index (χ3n) is 1.49. The van der Waals surface area contributed by atoms with Crippen molar-refractivity contribution in [1.82, 2.24) is 0 Å². The Labute approximate surface area is 67.4 Å². The minimum Gasteiger partial charge on any atom is -0.428 e. The molecular weight excluding hydrogens is 144 g/mol. The molecule has 1 atom stereocenters. The molecule has 65 valence electrons. The van der Waals surface area contributed by atoms with Gasteiger partial charge in [0.1, 0.15) is 0 Å². The molecule has 0 heterocycles. The number of rotatable bonds is 7. The van der Waals surface area contributed by atoms with Gasteiger partial charge in [-0.3, -0.25) is 0 Å². The van der Waals surface area contributed by atoms with Gasteiger partial charge < -0.3 is 9.84 Å². The van der Waals surface area contributed by atoms with Gasteiger partial charge in [0.25, 0.3) is 0 Å². The zero-order valence-electron chi connectivity index (χ0n) is 6.88. The Bertz CT molecular complexity index is 93.3. The maximum atomic E-state index is 9.60. The van der Waals surface area contributed by atoms with Crippen LogP contribution in [0, 0.1) is 0 Å². The van der Waals surface area contributed by atoms with Crippen molar-refractivity contribution in [3.05, 3.63) is 0 Å². The average molecular weight is 159 g/mol. The monoisotopic (exact) mass is 159 g/mol. The highest BCUT2D eigenvalue weighted by Crippen LogP contribution is 2.05. The number of ether oxygens (including phenoxy) is 1. The van der Waals surface area contributed by atoms with Gasteiger partial charge in [-0.2, -0.15) is 0 Å². The van der Waals surface area contributed by atoms with Gasteiger partial charge in [0.15, 0.2) is 0 Å². The zero-order valence-corrected chi connectivity index (χ0v) is 6.88. The molecule has 3 nitrogen and oxygen atoms in total. The van der Waals surface area contributed by atoms with Crippen LogP contribution in [0.4, 0.5) is 0 Å². The van der Waals surface area contributed by atoms with E-state index in [1.54, 1.807) is 0 Å². The van der Waals surface area contributed by atoms with Crippen LogP contribution in [0.2, 0.25) is 0 Å². The van der Waals surface area contributed by atoms with Crippen LogP contribution in [-0.4, -0.2) is 17.9 Å². The normalized spacial score (nSPS) is 12.5. The third-order valence-corrected chi connectivity index (χ3v) is 1.49. The topological polar surface area (TPSA) is 46.5 Å². The van der Waals surface area contributed by atoms with Crippen molar-refractivity contribution in [1.29, 1.82) is 0 Å². The van der Waals surface area contributed by atoms with E-state index in [0.717, 1.165) is 25.7 Å². The van der Waals surface area contributed by atoms with Gasteiger partial charge in [0.2, 0.25) is 6.29 Å². The van der Waals surface area contributed by atoms with Crippen LogP contribution in [0.25, 0.3) is 0 Å². The fourth-order valence-electron chi connectivity index (χ4n) is 0.860. The summed E-state index contributed by atoms with van der Waals surface area (Å²) in [6, 6.07) is 0. The summed E-state index contributed by atoms with van der Waals surface area (Å²) >= 11 is 0. The van der Waals surface area contributed by atoms with E-state index in [-0.39, 0.29) is 0 Å². The average Bonchev–Trinajstić information content (AvgIpc) is 1.99. The lowest BCUT2D eigenvalue weighted by molar-refractivity contribution is -0.0361. The molecule has 0 saturated carbocycles. The van der Waals surface area contributed by atoms with E-state index >= 15 is 0 Å². The van der Waals surface area contributed by atoms with Crippen LogP contribution in [0.1, 0.15) is 39.0 Å². The van der Waals surface area contributed by atoms with Gasteiger partial charge in [0, 0.05) is 6.42 Å². The highest BCUT2D eigenvalue weighted by atomic mass is 16.6. The van der Waals surface area contributed by atoms with Gasteiger partial charge in [0.05, 0.1) is 0 Å². The van der Waals surface area contributed by atoms with Crippen LogP contribution >= 0.6 is 0 Å². The van der Waals surface area contributed by atoms with E-state index in [9.17, 15) is 4.79 Å². The Morgan fingerprint density at radius 1 is 1.45 bits per heavy atom. The molecular formula is C8H15O3. The van der Waals surface area contributed by atoms with Crippen LogP contribution in [-0.2, 0) is 9.53 Å². The highest BCUT2D eigenvalue weighted by Gasteiger charge is 2.02. The number of unbranched alkanes of at least 4 members (excludes halogenated alkanes) is 3. The van der Waals surface area contributed by atoms with Crippen LogP contribution in [0.5, 0.6) is 0 Å². The summed E-state index contributed by atoms with van der Waals surface area (Å²) in [6.45, 7) is 3.33. The van der Waals surface area contributed by atoms with Crippen molar-refractivity contribution in [3.8, 4) is 0 Å². The van der Waals surface area contributed by atoms with Gasteiger partial charge in [-0.25, -0.2) is 4.79 Å². The fraction of sp³-hybridized carbons (Fsp3) is 0.875. The second kappa shape index (κ2) is 7.54. The molecule has 0 rings (SSSR count). The summed E-state index contributed by atoms with van der Waals surface area (Å²) in [5.74, 6) is 0. The first-order chi connectivity index (χ1) is 5.31.